The molecular formula is C14H19N3S. The number of para-hydroxylation sites is 1. The Bertz CT molecular complexity index is 529. The van der Waals surface area contributed by atoms with E-state index >= 15 is 0 Å². The van der Waals surface area contributed by atoms with Crippen LogP contribution in [0.1, 0.15) is 20.8 Å². The van der Waals surface area contributed by atoms with E-state index in [0.29, 0.717) is 11.8 Å². The van der Waals surface area contributed by atoms with Gasteiger partial charge in [0.05, 0.1) is 5.52 Å². The molecule has 2 aromatic rings. The standard InChI is InChI=1S/C14H19N3S/c1-14(2,3)12(8-15)18-13-10-6-4-5-7-11(10)16-9-17-13/h4-7,9,12H,8,15H2,1-3H3. The largest absolute Gasteiger partial charge is 0.329 e. The van der Waals surface area contributed by atoms with Crippen LogP contribution in [0.3, 0.4) is 0 Å². The lowest BCUT2D eigenvalue weighted by Gasteiger charge is -2.28. The van der Waals surface area contributed by atoms with E-state index in [-0.39, 0.29) is 5.41 Å². The van der Waals surface area contributed by atoms with Gasteiger partial charge in [0.25, 0.3) is 0 Å². The summed E-state index contributed by atoms with van der Waals surface area (Å²) in [6.07, 6.45) is 1.63. The number of hydrogen-bond acceptors (Lipinski definition) is 4. The van der Waals surface area contributed by atoms with Crippen LogP contribution in [0.4, 0.5) is 0 Å². The summed E-state index contributed by atoms with van der Waals surface area (Å²) < 4.78 is 0. The number of hydrogen-bond donors (Lipinski definition) is 1. The van der Waals surface area contributed by atoms with Gasteiger partial charge in [0.15, 0.2) is 0 Å². The molecule has 4 heteroatoms. The van der Waals surface area contributed by atoms with Crippen LogP contribution >= 0.6 is 11.8 Å². The number of fused-ring (bicyclic) bond motifs is 1. The Kier molecular flexibility index (Phi) is 3.88. The fraction of sp³-hybridized carbons (Fsp3) is 0.429. The number of thioether (sulfide) groups is 1. The third kappa shape index (κ3) is 2.82. The van der Waals surface area contributed by atoms with E-state index in [9.17, 15) is 0 Å². The number of nitrogens with two attached hydrogens (primary N) is 1. The number of aromatic nitrogens is 2. The summed E-state index contributed by atoms with van der Waals surface area (Å²) in [5.74, 6) is 0. The van der Waals surface area contributed by atoms with E-state index in [2.05, 4.69) is 36.8 Å². The van der Waals surface area contributed by atoms with Crippen LogP contribution < -0.4 is 5.73 Å². The van der Waals surface area contributed by atoms with E-state index in [1.807, 2.05) is 18.2 Å². The van der Waals surface area contributed by atoms with Gasteiger partial charge in [-0.2, -0.15) is 0 Å². The smallest absolute Gasteiger partial charge is 0.117 e. The van der Waals surface area contributed by atoms with E-state index in [0.717, 1.165) is 15.9 Å². The maximum Gasteiger partial charge on any atom is 0.117 e. The summed E-state index contributed by atoms with van der Waals surface area (Å²) in [5, 5.41) is 2.47. The lowest BCUT2D eigenvalue weighted by molar-refractivity contribution is 0.398. The molecule has 2 N–H and O–H groups in total. The zero-order valence-corrected chi connectivity index (χ0v) is 11.9. The Balaban J connectivity index is 2.37. The van der Waals surface area contributed by atoms with Gasteiger partial charge >= 0.3 is 0 Å². The predicted molar refractivity (Wildman–Crippen MR) is 77.7 cm³/mol. The second kappa shape index (κ2) is 5.24. The Morgan fingerprint density at radius 3 is 2.61 bits per heavy atom. The van der Waals surface area contributed by atoms with Gasteiger partial charge < -0.3 is 5.73 Å². The minimum atomic E-state index is 0.158. The third-order valence-electron chi connectivity index (χ3n) is 2.94. The molecule has 0 amide bonds. The molecule has 0 bridgehead atoms. The van der Waals surface area contributed by atoms with Crippen LogP contribution in [0.5, 0.6) is 0 Å². The highest BCUT2D eigenvalue weighted by atomic mass is 32.2. The van der Waals surface area contributed by atoms with Crippen molar-refractivity contribution in [3.8, 4) is 0 Å². The third-order valence-corrected chi connectivity index (χ3v) is 4.67. The van der Waals surface area contributed by atoms with E-state index in [1.54, 1.807) is 18.1 Å². The first kappa shape index (κ1) is 13.3. The molecule has 1 heterocycles. The van der Waals surface area contributed by atoms with Gasteiger partial charge in [0.1, 0.15) is 11.4 Å². The fourth-order valence-electron chi connectivity index (χ4n) is 1.79. The summed E-state index contributed by atoms with van der Waals surface area (Å²) >= 11 is 1.75. The van der Waals surface area contributed by atoms with Crippen LogP contribution in [0, 0.1) is 5.41 Å². The molecule has 2 rings (SSSR count). The maximum absolute atomic E-state index is 5.89. The van der Waals surface area contributed by atoms with Gasteiger partial charge in [-0.1, -0.05) is 39.0 Å². The van der Waals surface area contributed by atoms with Crippen LogP contribution in [0.15, 0.2) is 35.6 Å². The molecule has 1 atom stereocenters. The van der Waals surface area contributed by atoms with Crippen molar-refractivity contribution in [1.29, 1.82) is 0 Å². The molecule has 3 nitrogen and oxygen atoms in total. The molecule has 0 radical (unpaired) electrons. The Hall–Kier alpha value is -1.13. The summed E-state index contributed by atoms with van der Waals surface area (Å²) in [7, 11) is 0. The minimum Gasteiger partial charge on any atom is -0.329 e. The Labute approximate surface area is 112 Å². The highest BCUT2D eigenvalue weighted by Gasteiger charge is 2.25. The van der Waals surface area contributed by atoms with Crippen LogP contribution in [0.2, 0.25) is 0 Å². The second-order valence-electron chi connectivity index (χ2n) is 5.40. The molecular weight excluding hydrogens is 242 g/mol. The van der Waals surface area contributed by atoms with E-state index < -0.39 is 0 Å². The van der Waals surface area contributed by atoms with Crippen molar-refractivity contribution in [1.82, 2.24) is 9.97 Å². The van der Waals surface area contributed by atoms with Crippen molar-refractivity contribution in [2.24, 2.45) is 11.1 Å². The van der Waals surface area contributed by atoms with E-state index in [4.69, 9.17) is 5.73 Å². The average molecular weight is 261 g/mol. The quantitative estimate of drug-likeness (QED) is 0.681. The summed E-state index contributed by atoms with van der Waals surface area (Å²) in [6.45, 7) is 7.27. The van der Waals surface area contributed by atoms with Gasteiger partial charge in [0, 0.05) is 17.2 Å². The molecule has 96 valence electrons. The summed E-state index contributed by atoms with van der Waals surface area (Å²) in [5.41, 5.74) is 7.03. The SMILES string of the molecule is CC(C)(C)C(CN)Sc1ncnc2ccccc12. The molecule has 18 heavy (non-hydrogen) atoms. The van der Waals surface area contributed by atoms with E-state index in [1.165, 1.54) is 0 Å². The van der Waals surface area contributed by atoms with Crippen LogP contribution in [0.25, 0.3) is 10.9 Å². The Morgan fingerprint density at radius 2 is 1.94 bits per heavy atom. The number of rotatable bonds is 3. The topological polar surface area (TPSA) is 51.8 Å². The highest BCUT2D eigenvalue weighted by Crippen LogP contribution is 2.36. The minimum absolute atomic E-state index is 0.158. The Morgan fingerprint density at radius 1 is 1.22 bits per heavy atom. The number of benzene rings is 1. The molecule has 0 aliphatic carbocycles. The predicted octanol–water partition coefficient (Wildman–Crippen LogP) is 3.10. The first-order chi connectivity index (χ1) is 8.52. The first-order valence-corrected chi connectivity index (χ1v) is 6.97. The molecule has 0 spiro atoms. The first-order valence-electron chi connectivity index (χ1n) is 6.09. The molecule has 1 aromatic heterocycles. The molecule has 0 saturated heterocycles. The molecule has 0 fully saturated rings. The normalized spacial score (nSPS) is 13.8. The van der Waals surface area contributed by atoms with Gasteiger partial charge in [0.2, 0.25) is 0 Å². The molecule has 1 unspecified atom stereocenters. The zero-order valence-electron chi connectivity index (χ0n) is 11.1. The second-order valence-corrected chi connectivity index (χ2v) is 6.60. The summed E-state index contributed by atoms with van der Waals surface area (Å²) in [6, 6.07) is 8.09. The van der Waals surface area contributed by atoms with Crippen molar-refractivity contribution in [3.63, 3.8) is 0 Å². The van der Waals surface area contributed by atoms with Crippen molar-refractivity contribution in [2.45, 2.75) is 31.0 Å². The zero-order chi connectivity index (χ0) is 13.2. The summed E-state index contributed by atoms with van der Waals surface area (Å²) in [4.78, 5) is 8.69. The van der Waals surface area contributed by atoms with Crippen molar-refractivity contribution >= 4 is 22.7 Å². The van der Waals surface area contributed by atoms with Gasteiger partial charge in [-0.05, 0) is 11.5 Å². The molecule has 1 aromatic carbocycles. The van der Waals surface area contributed by atoms with Crippen molar-refractivity contribution in [2.75, 3.05) is 6.54 Å². The number of nitrogens with zero attached hydrogens (tertiary/aromatic N) is 2. The monoisotopic (exact) mass is 261 g/mol. The highest BCUT2D eigenvalue weighted by molar-refractivity contribution is 8.00. The average Bonchev–Trinajstić information content (AvgIpc) is 2.34. The van der Waals surface area contributed by atoms with Crippen molar-refractivity contribution in [3.05, 3.63) is 30.6 Å². The van der Waals surface area contributed by atoms with Gasteiger partial charge in [-0.15, -0.1) is 11.8 Å². The lowest BCUT2D eigenvalue weighted by Crippen LogP contribution is -2.30. The van der Waals surface area contributed by atoms with Crippen molar-refractivity contribution < 1.29 is 0 Å². The molecule has 0 aliphatic heterocycles. The van der Waals surface area contributed by atoms with Gasteiger partial charge in [-0.25, -0.2) is 9.97 Å². The lowest BCUT2D eigenvalue weighted by atomic mass is 9.92. The fourth-order valence-corrected chi connectivity index (χ4v) is 2.91. The molecule has 0 saturated carbocycles. The van der Waals surface area contributed by atoms with Crippen LogP contribution in [-0.4, -0.2) is 21.8 Å². The molecule has 0 aliphatic rings. The van der Waals surface area contributed by atoms with Crippen LogP contribution in [-0.2, 0) is 0 Å². The van der Waals surface area contributed by atoms with Gasteiger partial charge in [-0.3, -0.25) is 0 Å². The maximum atomic E-state index is 5.89.